The summed E-state index contributed by atoms with van der Waals surface area (Å²) >= 11 is 0. The Bertz CT molecular complexity index is 440. The van der Waals surface area contributed by atoms with Gasteiger partial charge in [0.15, 0.2) is 9.84 Å². The van der Waals surface area contributed by atoms with Gasteiger partial charge >= 0.3 is 0 Å². The van der Waals surface area contributed by atoms with Gasteiger partial charge in [0.2, 0.25) is 5.91 Å². The highest BCUT2D eigenvalue weighted by atomic mass is 32.2. The highest BCUT2D eigenvalue weighted by Crippen LogP contribution is 2.10. The van der Waals surface area contributed by atoms with Crippen molar-refractivity contribution in [2.45, 2.75) is 57.9 Å². The van der Waals surface area contributed by atoms with E-state index in [1.54, 1.807) is 13.8 Å². The maximum Gasteiger partial charge on any atom is 0.235 e. The topological polar surface area (TPSA) is 75.7 Å². The zero-order valence-corrected chi connectivity index (χ0v) is 15.0. The summed E-state index contributed by atoms with van der Waals surface area (Å²) in [4.78, 5) is 14.2. The number of hydrogen-bond donors (Lipinski definition) is 1. The zero-order valence-electron chi connectivity index (χ0n) is 14.2. The fraction of sp³-hybridized carbons (Fsp3) is 0.933. The number of ether oxygens (including phenoxy) is 1. The molecule has 1 N–H and O–H groups in total. The van der Waals surface area contributed by atoms with Crippen LogP contribution in [0.4, 0.5) is 0 Å². The average molecular weight is 334 g/mol. The molecule has 1 heterocycles. The van der Waals surface area contributed by atoms with Gasteiger partial charge in [-0.1, -0.05) is 0 Å². The van der Waals surface area contributed by atoms with E-state index in [2.05, 4.69) is 10.2 Å². The second kappa shape index (κ2) is 8.84. The molecule has 0 radical (unpaired) electrons. The number of sulfone groups is 1. The Morgan fingerprint density at radius 3 is 2.32 bits per heavy atom. The first kappa shape index (κ1) is 19.4. The van der Waals surface area contributed by atoms with Crippen molar-refractivity contribution in [3.63, 3.8) is 0 Å². The van der Waals surface area contributed by atoms with Crippen molar-refractivity contribution >= 4 is 15.7 Å². The average Bonchev–Trinajstić information content (AvgIpc) is 2.39. The molecule has 1 saturated heterocycles. The number of amides is 1. The monoisotopic (exact) mass is 334 g/mol. The predicted molar refractivity (Wildman–Crippen MR) is 87.6 cm³/mol. The zero-order chi connectivity index (χ0) is 16.8. The van der Waals surface area contributed by atoms with Gasteiger partial charge in [-0.3, -0.25) is 4.79 Å². The first-order valence-electron chi connectivity index (χ1n) is 8.05. The lowest BCUT2D eigenvalue weighted by Crippen LogP contribution is -2.47. The van der Waals surface area contributed by atoms with Crippen LogP contribution in [0.5, 0.6) is 0 Å². The molecule has 0 aromatic carbocycles. The molecule has 0 aromatic rings. The van der Waals surface area contributed by atoms with Crippen molar-refractivity contribution < 1.29 is 17.9 Å². The largest absolute Gasteiger partial charge is 0.377 e. The molecule has 0 unspecified atom stereocenters. The molecule has 6 nitrogen and oxygen atoms in total. The van der Waals surface area contributed by atoms with Gasteiger partial charge in [0.25, 0.3) is 0 Å². The molecule has 0 aliphatic carbocycles. The van der Waals surface area contributed by atoms with E-state index in [9.17, 15) is 13.2 Å². The van der Waals surface area contributed by atoms with Gasteiger partial charge in [0.1, 0.15) is 5.75 Å². The van der Waals surface area contributed by atoms with Gasteiger partial charge in [-0.05, 0) is 40.5 Å². The number of carbonyl (C=O) groups is 1. The van der Waals surface area contributed by atoms with E-state index in [1.807, 2.05) is 13.8 Å². The number of nitrogens with one attached hydrogen (secondary N) is 1. The van der Waals surface area contributed by atoms with Gasteiger partial charge < -0.3 is 15.0 Å². The third-order valence-corrected chi connectivity index (χ3v) is 5.96. The van der Waals surface area contributed by atoms with Crippen molar-refractivity contribution in [3.05, 3.63) is 0 Å². The molecule has 1 aliphatic heterocycles. The third kappa shape index (κ3) is 7.07. The first-order valence-corrected chi connectivity index (χ1v) is 9.77. The van der Waals surface area contributed by atoms with E-state index < -0.39 is 20.8 Å². The number of rotatable bonds is 8. The van der Waals surface area contributed by atoms with E-state index >= 15 is 0 Å². The van der Waals surface area contributed by atoms with Crippen LogP contribution in [-0.2, 0) is 19.4 Å². The summed E-state index contributed by atoms with van der Waals surface area (Å²) in [7, 11) is -3.32. The van der Waals surface area contributed by atoms with Crippen LogP contribution in [0, 0.1) is 0 Å². The minimum atomic E-state index is -3.32. The molecule has 1 fully saturated rings. The number of nitrogens with zero attached hydrogens (tertiary/aromatic N) is 1. The maximum absolute atomic E-state index is 11.8. The first-order chi connectivity index (χ1) is 10.2. The van der Waals surface area contributed by atoms with Crippen LogP contribution in [-0.4, -0.2) is 68.6 Å². The van der Waals surface area contributed by atoms with Crippen LogP contribution in [0.15, 0.2) is 0 Å². The number of hydrogen-bond acceptors (Lipinski definition) is 5. The molecule has 1 amide bonds. The fourth-order valence-corrected chi connectivity index (χ4v) is 3.12. The van der Waals surface area contributed by atoms with Crippen molar-refractivity contribution in [2.75, 3.05) is 32.0 Å². The van der Waals surface area contributed by atoms with Gasteiger partial charge in [-0.25, -0.2) is 8.42 Å². The van der Waals surface area contributed by atoms with Crippen molar-refractivity contribution in [2.24, 2.45) is 0 Å². The van der Waals surface area contributed by atoms with E-state index in [0.717, 1.165) is 39.1 Å². The summed E-state index contributed by atoms with van der Waals surface area (Å²) in [5.74, 6) is -0.789. The van der Waals surface area contributed by atoms with Crippen LogP contribution in [0.1, 0.15) is 40.5 Å². The summed E-state index contributed by atoms with van der Waals surface area (Å²) < 4.78 is 29.0. The molecule has 7 heteroatoms. The SMILES string of the molecule is CC(C)OCCN1CCC(NC(=O)CS(=O)(=O)C(C)C)CC1. The Hall–Kier alpha value is -0.660. The van der Waals surface area contributed by atoms with Crippen molar-refractivity contribution in [1.29, 1.82) is 0 Å². The summed E-state index contributed by atoms with van der Waals surface area (Å²) in [6.45, 7) is 10.7. The number of carbonyl (C=O) groups excluding carboxylic acids is 1. The lowest BCUT2D eigenvalue weighted by Gasteiger charge is -2.32. The number of piperidine rings is 1. The smallest absolute Gasteiger partial charge is 0.235 e. The third-order valence-electron chi connectivity index (χ3n) is 3.86. The fourth-order valence-electron chi connectivity index (χ4n) is 2.34. The summed E-state index contributed by atoms with van der Waals surface area (Å²) in [5, 5.41) is 2.34. The van der Waals surface area contributed by atoms with E-state index in [4.69, 9.17) is 4.74 Å². The van der Waals surface area contributed by atoms with Gasteiger partial charge in [-0.2, -0.15) is 0 Å². The lowest BCUT2D eigenvalue weighted by atomic mass is 10.1. The van der Waals surface area contributed by atoms with E-state index in [-0.39, 0.29) is 18.1 Å². The minimum Gasteiger partial charge on any atom is -0.377 e. The standard InChI is InChI=1S/C15H30N2O4S/c1-12(2)21-10-9-17-7-5-14(6-8-17)16-15(18)11-22(19,20)13(3)4/h12-14H,5-11H2,1-4H3,(H,16,18). The molecular weight excluding hydrogens is 304 g/mol. The number of likely N-dealkylation sites (tertiary alicyclic amines) is 1. The summed E-state index contributed by atoms with van der Waals surface area (Å²) in [5.41, 5.74) is 0. The Kier molecular flexibility index (Phi) is 7.79. The molecule has 0 atom stereocenters. The second-order valence-corrected chi connectivity index (χ2v) is 9.02. The molecule has 1 rings (SSSR count). The second-order valence-electron chi connectivity index (χ2n) is 6.46. The molecular formula is C15H30N2O4S. The van der Waals surface area contributed by atoms with Gasteiger partial charge in [-0.15, -0.1) is 0 Å². The van der Waals surface area contributed by atoms with Gasteiger partial charge in [0.05, 0.1) is 18.0 Å². The Morgan fingerprint density at radius 1 is 1.23 bits per heavy atom. The van der Waals surface area contributed by atoms with E-state index in [1.165, 1.54) is 0 Å². The van der Waals surface area contributed by atoms with Crippen LogP contribution >= 0.6 is 0 Å². The molecule has 0 saturated carbocycles. The van der Waals surface area contributed by atoms with Crippen molar-refractivity contribution in [1.82, 2.24) is 10.2 Å². The lowest BCUT2D eigenvalue weighted by molar-refractivity contribution is -0.119. The van der Waals surface area contributed by atoms with Crippen LogP contribution < -0.4 is 5.32 Å². The van der Waals surface area contributed by atoms with Crippen LogP contribution in [0.2, 0.25) is 0 Å². The maximum atomic E-state index is 11.8. The summed E-state index contributed by atoms with van der Waals surface area (Å²) in [6, 6.07) is 0.0807. The molecule has 0 spiro atoms. The highest BCUT2D eigenvalue weighted by Gasteiger charge is 2.24. The Labute approximate surface area is 134 Å². The Balaban J connectivity index is 2.26. The summed E-state index contributed by atoms with van der Waals surface area (Å²) in [6.07, 6.45) is 1.96. The molecule has 0 aromatic heterocycles. The van der Waals surface area contributed by atoms with Crippen molar-refractivity contribution in [3.8, 4) is 0 Å². The quantitative estimate of drug-likeness (QED) is 0.711. The Morgan fingerprint density at radius 2 is 1.82 bits per heavy atom. The normalized spacial score (nSPS) is 18.1. The molecule has 130 valence electrons. The van der Waals surface area contributed by atoms with E-state index in [0.29, 0.717) is 0 Å². The van der Waals surface area contributed by atoms with Crippen LogP contribution in [0.3, 0.4) is 0 Å². The molecule has 0 bridgehead atoms. The van der Waals surface area contributed by atoms with Crippen LogP contribution in [0.25, 0.3) is 0 Å². The van der Waals surface area contributed by atoms with Gasteiger partial charge in [0, 0.05) is 25.7 Å². The predicted octanol–water partition coefficient (Wildman–Crippen LogP) is 0.815. The molecule has 22 heavy (non-hydrogen) atoms. The highest BCUT2D eigenvalue weighted by molar-refractivity contribution is 7.92. The molecule has 1 aliphatic rings. The minimum absolute atomic E-state index is 0.0807.